The third kappa shape index (κ3) is 8.37. The van der Waals surface area contributed by atoms with Gasteiger partial charge in [0.15, 0.2) is 0 Å². The van der Waals surface area contributed by atoms with Gasteiger partial charge in [-0.3, -0.25) is 20.2 Å². The van der Waals surface area contributed by atoms with E-state index in [1.807, 2.05) is 0 Å². The van der Waals surface area contributed by atoms with Crippen LogP contribution in [0.4, 0.5) is 43.5 Å². The van der Waals surface area contributed by atoms with Gasteiger partial charge >= 0.3 is 23.7 Å². The number of nitro benzene ring substituents is 1. The third-order valence-corrected chi connectivity index (χ3v) is 6.33. The number of nitrogens with zero attached hydrogens (tertiary/aromatic N) is 4. The van der Waals surface area contributed by atoms with E-state index >= 15 is 0 Å². The number of halogens is 9. The number of nitrogens with two attached hydrogens (primary N) is 1. The molecule has 1 aromatic heterocycles. The van der Waals surface area contributed by atoms with Gasteiger partial charge in [0.2, 0.25) is 11.6 Å². The number of aromatic nitrogens is 2. The maximum atomic E-state index is 12.6. The van der Waals surface area contributed by atoms with Crippen molar-refractivity contribution < 1.29 is 45.7 Å². The normalized spacial score (nSPS) is 11.4. The van der Waals surface area contributed by atoms with Gasteiger partial charge in [-0.2, -0.15) is 31.4 Å². The molecule has 4 aromatic rings. The molecule has 20 heteroatoms. The summed E-state index contributed by atoms with van der Waals surface area (Å²) in [5.74, 6) is -0.279. The topological polar surface area (TPSA) is 149 Å². The molecule has 2 N–H and O–H groups in total. The highest BCUT2D eigenvalue weighted by Crippen LogP contribution is 2.40. The van der Waals surface area contributed by atoms with E-state index in [2.05, 4.69) is 5.10 Å². The van der Waals surface area contributed by atoms with E-state index in [4.69, 9.17) is 50.0 Å². The van der Waals surface area contributed by atoms with Crippen molar-refractivity contribution in [1.82, 2.24) is 9.78 Å². The molecule has 11 nitrogen and oxygen atoms in total. The van der Waals surface area contributed by atoms with Crippen LogP contribution < -0.4 is 15.2 Å². The van der Waals surface area contributed by atoms with E-state index in [0.717, 1.165) is 29.1 Å². The zero-order valence-corrected chi connectivity index (χ0v) is 24.4. The molecule has 0 unspecified atom stereocenters. The summed E-state index contributed by atoms with van der Waals surface area (Å²) in [5.41, 5.74) is 2.63. The predicted molar refractivity (Wildman–Crippen MR) is 150 cm³/mol. The van der Waals surface area contributed by atoms with Crippen molar-refractivity contribution in [3.8, 4) is 22.9 Å². The minimum atomic E-state index is -4.63. The number of hydrogen-bond acceptors (Lipinski definition) is 8. The first-order valence-electron chi connectivity index (χ1n) is 11.9. The molecule has 0 bridgehead atoms. The molecular weight excluding hydrogens is 687 g/mol. The monoisotopic (exact) mass is 701 g/mol. The van der Waals surface area contributed by atoms with Crippen molar-refractivity contribution in [2.45, 2.75) is 19.3 Å². The summed E-state index contributed by atoms with van der Waals surface area (Å²) in [5, 5.41) is 24.2. The van der Waals surface area contributed by atoms with Gasteiger partial charge in [-0.25, -0.2) is 4.68 Å². The van der Waals surface area contributed by atoms with Gasteiger partial charge in [-0.05, 0) is 43.3 Å². The molecule has 0 fully saturated rings. The number of nitrogen functional groups attached to an aromatic ring is 1. The van der Waals surface area contributed by atoms with Crippen LogP contribution in [0.3, 0.4) is 0 Å². The minimum absolute atomic E-state index is 0.0111. The predicted octanol–water partition coefficient (Wildman–Crippen LogP) is 9.15. The van der Waals surface area contributed by atoms with Crippen LogP contribution in [-0.2, 0) is 12.4 Å². The highest BCUT2D eigenvalue weighted by Gasteiger charge is 2.33. The van der Waals surface area contributed by atoms with Gasteiger partial charge in [0, 0.05) is 12.1 Å². The fraction of sp³-hybridized carbons (Fsp3) is 0.160. The van der Waals surface area contributed by atoms with Gasteiger partial charge < -0.3 is 15.2 Å². The van der Waals surface area contributed by atoms with Crippen molar-refractivity contribution in [2.75, 3.05) is 12.3 Å². The molecule has 0 spiro atoms. The lowest BCUT2D eigenvalue weighted by Gasteiger charge is -2.12. The zero-order valence-electron chi connectivity index (χ0n) is 22.1. The number of rotatable bonds is 7. The lowest BCUT2D eigenvalue weighted by molar-refractivity contribution is -0.385. The van der Waals surface area contributed by atoms with Crippen LogP contribution in [0.25, 0.3) is 5.69 Å². The van der Waals surface area contributed by atoms with Crippen LogP contribution in [0.5, 0.6) is 17.2 Å². The van der Waals surface area contributed by atoms with E-state index in [0.29, 0.717) is 12.1 Å². The molecule has 3 aromatic carbocycles. The average molecular weight is 703 g/mol. The summed E-state index contributed by atoms with van der Waals surface area (Å²) >= 11 is 17.3. The Morgan fingerprint density at radius 2 is 1.38 bits per heavy atom. The van der Waals surface area contributed by atoms with Gasteiger partial charge in [0.25, 0.3) is 0 Å². The Morgan fingerprint density at radius 3 is 1.84 bits per heavy atom. The SMILES string of the molecule is CCOc1cc(Oc2ccc(C(F)(F)F)cc2Cl)ccc1[N+](=O)[O-].Nc1c([N+](=O)[O-])cnn1-c1c(Cl)cc(C(F)(F)F)cc1Cl. The summed E-state index contributed by atoms with van der Waals surface area (Å²) in [6, 6.07) is 7.67. The molecule has 0 atom stereocenters. The van der Waals surface area contributed by atoms with Gasteiger partial charge in [0.1, 0.15) is 23.4 Å². The molecule has 0 radical (unpaired) electrons. The Morgan fingerprint density at radius 1 is 0.822 bits per heavy atom. The first kappa shape index (κ1) is 35.0. The Balaban J connectivity index is 0.000000248. The highest BCUT2D eigenvalue weighted by atomic mass is 35.5. The highest BCUT2D eigenvalue weighted by molar-refractivity contribution is 6.38. The Hall–Kier alpha value is -4.48. The average Bonchev–Trinajstić information content (AvgIpc) is 3.30. The Labute approximate surface area is 262 Å². The van der Waals surface area contributed by atoms with Crippen LogP contribution in [0.15, 0.2) is 54.7 Å². The van der Waals surface area contributed by atoms with Crippen LogP contribution in [0.1, 0.15) is 18.1 Å². The van der Waals surface area contributed by atoms with E-state index in [1.54, 1.807) is 6.92 Å². The fourth-order valence-electron chi connectivity index (χ4n) is 3.47. The van der Waals surface area contributed by atoms with Crippen LogP contribution in [-0.4, -0.2) is 26.2 Å². The standard InChI is InChI=1S/C15H11ClF3NO4.C10H5Cl2F3N4O2/c1-2-23-14-8-10(4-5-12(14)20(21)22)24-13-6-3-9(7-11(13)16)15(17,18)19;11-5-1-4(10(13,14)15)2-6(12)8(5)18-9(16)7(3-17-18)19(20)21/h3-8H,2H2,1H3;1-3H,16H2. The van der Waals surface area contributed by atoms with Crippen LogP contribution in [0, 0.1) is 20.2 Å². The Kier molecular flexibility index (Phi) is 10.6. The molecule has 0 aliphatic rings. The number of hydrogen-bond donors (Lipinski definition) is 1. The second kappa shape index (κ2) is 13.7. The number of anilines is 1. The van der Waals surface area contributed by atoms with Crippen molar-refractivity contribution in [3.05, 3.63) is 101 Å². The van der Waals surface area contributed by atoms with E-state index in [1.165, 1.54) is 18.2 Å². The minimum Gasteiger partial charge on any atom is -0.487 e. The van der Waals surface area contributed by atoms with Crippen molar-refractivity contribution in [2.24, 2.45) is 0 Å². The number of benzene rings is 3. The van der Waals surface area contributed by atoms with Crippen LogP contribution >= 0.6 is 34.8 Å². The zero-order chi connectivity index (χ0) is 33.9. The molecule has 45 heavy (non-hydrogen) atoms. The lowest BCUT2D eigenvalue weighted by Crippen LogP contribution is -2.08. The first-order chi connectivity index (χ1) is 20.8. The molecule has 4 rings (SSSR count). The summed E-state index contributed by atoms with van der Waals surface area (Å²) in [6.45, 7) is 1.86. The third-order valence-electron chi connectivity index (χ3n) is 5.45. The van der Waals surface area contributed by atoms with E-state index in [-0.39, 0.29) is 50.3 Å². The maximum Gasteiger partial charge on any atom is 0.416 e. The quantitative estimate of drug-likeness (QED) is 0.114. The largest absolute Gasteiger partial charge is 0.487 e. The lowest BCUT2D eigenvalue weighted by atomic mass is 10.2. The first-order valence-corrected chi connectivity index (χ1v) is 13.0. The van der Waals surface area contributed by atoms with Crippen LogP contribution in [0.2, 0.25) is 15.1 Å². The fourth-order valence-corrected chi connectivity index (χ4v) is 4.33. The maximum absolute atomic E-state index is 12.6. The molecule has 0 aliphatic heterocycles. The molecule has 1 heterocycles. The van der Waals surface area contributed by atoms with Gasteiger partial charge in [0.05, 0.1) is 42.6 Å². The smallest absolute Gasteiger partial charge is 0.416 e. The molecule has 0 aliphatic carbocycles. The van der Waals surface area contributed by atoms with Gasteiger partial charge in [-0.1, -0.05) is 34.8 Å². The molecule has 0 saturated heterocycles. The van der Waals surface area contributed by atoms with Crippen molar-refractivity contribution in [1.29, 1.82) is 0 Å². The molecule has 0 saturated carbocycles. The molecule has 0 amide bonds. The number of ether oxygens (including phenoxy) is 2. The number of nitro groups is 2. The number of alkyl halides is 6. The summed E-state index contributed by atoms with van der Waals surface area (Å²) in [6.07, 6.45) is -8.30. The van der Waals surface area contributed by atoms with E-state index in [9.17, 15) is 46.6 Å². The molecular formula is C25H16Cl3F6N5O6. The Bertz CT molecular complexity index is 1730. The van der Waals surface area contributed by atoms with Crippen molar-refractivity contribution >= 4 is 52.0 Å². The molecule has 240 valence electrons. The van der Waals surface area contributed by atoms with Crippen molar-refractivity contribution in [3.63, 3.8) is 0 Å². The van der Waals surface area contributed by atoms with Gasteiger partial charge in [-0.15, -0.1) is 0 Å². The second-order valence-electron chi connectivity index (χ2n) is 8.43. The summed E-state index contributed by atoms with van der Waals surface area (Å²) in [4.78, 5) is 20.2. The summed E-state index contributed by atoms with van der Waals surface area (Å²) in [7, 11) is 0. The summed E-state index contributed by atoms with van der Waals surface area (Å²) < 4.78 is 87.0. The van der Waals surface area contributed by atoms with E-state index < -0.39 is 44.8 Å². The second-order valence-corrected chi connectivity index (χ2v) is 9.66.